The molecule has 0 aliphatic carbocycles. The third-order valence-corrected chi connectivity index (χ3v) is 6.98. The van der Waals surface area contributed by atoms with Crippen LogP contribution in [0.5, 0.6) is 11.5 Å². The SMILES string of the molecule is CCCCc1ccc(C(=O)N[C@@H](C(=O)Nc2nnc(-c3ccc4c(c3)OCO4)s2)[C@@H](C)CC)cc1. The number of hydrogen-bond donors (Lipinski definition) is 2. The summed E-state index contributed by atoms with van der Waals surface area (Å²) in [5.74, 6) is 0.686. The van der Waals surface area contributed by atoms with Gasteiger partial charge in [-0.15, -0.1) is 10.2 Å². The molecule has 0 radical (unpaired) electrons. The molecule has 0 spiro atoms. The zero-order chi connectivity index (χ0) is 24.8. The van der Waals surface area contributed by atoms with Gasteiger partial charge >= 0.3 is 0 Å². The number of aromatic nitrogens is 2. The van der Waals surface area contributed by atoms with Crippen LogP contribution in [-0.4, -0.2) is 34.8 Å². The van der Waals surface area contributed by atoms with Crippen LogP contribution in [0.4, 0.5) is 5.13 Å². The highest BCUT2D eigenvalue weighted by Crippen LogP contribution is 2.37. The molecule has 4 rings (SSSR count). The van der Waals surface area contributed by atoms with Crippen molar-refractivity contribution in [3.8, 4) is 22.1 Å². The molecule has 0 bridgehead atoms. The van der Waals surface area contributed by atoms with E-state index in [4.69, 9.17) is 9.47 Å². The van der Waals surface area contributed by atoms with Gasteiger partial charge in [0.2, 0.25) is 17.8 Å². The predicted molar refractivity (Wildman–Crippen MR) is 136 cm³/mol. The summed E-state index contributed by atoms with van der Waals surface area (Å²) in [5.41, 5.74) is 2.56. The molecule has 2 N–H and O–H groups in total. The Balaban J connectivity index is 1.42. The number of aryl methyl sites for hydroxylation is 1. The summed E-state index contributed by atoms with van der Waals surface area (Å²) in [6, 6.07) is 12.4. The molecule has 1 aromatic heterocycles. The van der Waals surface area contributed by atoms with Gasteiger partial charge in [0.1, 0.15) is 11.0 Å². The summed E-state index contributed by atoms with van der Waals surface area (Å²) in [7, 11) is 0. The molecule has 2 aromatic carbocycles. The second kappa shape index (κ2) is 11.3. The average molecular weight is 495 g/mol. The molecule has 8 nitrogen and oxygen atoms in total. The summed E-state index contributed by atoms with van der Waals surface area (Å²) in [5, 5.41) is 15.1. The third-order valence-electron chi connectivity index (χ3n) is 6.09. The Morgan fingerprint density at radius 2 is 1.83 bits per heavy atom. The Morgan fingerprint density at radius 1 is 1.06 bits per heavy atom. The number of unbranched alkanes of at least 4 members (excludes halogenated alkanes) is 1. The van der Waals surface area contributed by atoms with Crippen molar-refractivity contribution < 1.29 is 19.1 Å². The van der Waals surface area contributed by atoms with Gasteiger partial charge in [-0.05, 0) is 54.7 Å². The van der Waals surface area contributed by atoms with Crippen LogP contribution in [0.25, 0.3) is 10.6 Å². The van der Waals surface area contributed by atoms with E-state index >= 15 is 0 Å². The van der Waals surface area contributed by atoms with E-state index in [1.165, 1.54) is 16.9 Å². The molecule has 0 unspecified atom stereocenters. The van der Waals surface area contributed by atoms with Crippen LogP contribution in [0, 0.1) is 5.92 Å². The van der Waals surface area contributed by atoms with Gasteiger partial charge in [-0.2, -0.15) is 0 Å². The van der Waals surface area contributed by atoms with Crippen molar-refractivity contribution in [1.29, 1.82) is 0 Å². The summed E-state index contributed by atoms with van der Waals surface area (Å²) >= 11 is 1.26. The minimum absolute atomic E-state index is 0.0657. The molecule has 2 amide bonds. The fourth-order valence-corrected chi connectivity index (χ4v) is 4.48. The second-order valence-electron chi connectivity index (χ2n) is 8.61. The fraction of sp³-hybridized carbons (Fsp3) is 0.385. The fourth-order valence-electron chi connectivity index (χ4n) is 3.73. The minimum atomic E-state index is -0.704. The standard InChI is InChI=1S/C26H30N4O4S/c1-4-6-7-17-8-10-18(11-9-17)23(31)27-22(16(3)5-2)24(32)28-26-30-29-25(35-26)19-12-13-20-21(14-19)34-15-33-20/h8-14,16,22H,4-7,15H2,1-3H3,(H,27,31)(H,28,30,32)/t16-,22+/m0/s1. The van der Waals surface area contributed by atoms with Gasteiger partial charge < -0.3 is 14.8 Å². The lowest BCUT2D eigenvalue weighted by molar-refractivity contribution is -0.119. The lowest BCUT2D eigenvalue weighted by Gasteiger charge is -2.23. The normalized spacial score (nSPS) is 13.8. The van der Waals surface area contributed by atoms with Gasteiger partial charge in [0, 0.05) is 11.1 Å². The summed E-state index contributed by atoms with van der Waals surface area (Å²) in [6.07, 6.45) is 3.96. The van der Waals surface area contributed by atoms with E-state index in [9.17, 15) is 9.59 Å². The number of amides is 2. The van der Waals surface area contributed by atoms with Crippen molar-refractivity contribution in [2.45, 2.75) is 52.5 Å². The first-order valence-electron chi connectivity index (χ1n) is 11.9. The van der Waals surface area contributed by atoms with E-state index in [0.29, 0.717) is 27.2 Å². The molecule has 35 heavy (non-hydrogen) atoms. The molecule has 9 heteroatoms. The number of rotatable bonds is 10. The Morgan fingerprint density at radius 3 is 2.57 bits per heavy atom. The van der Waals surface area contributed by atoms with Crippen molar-refractivity contribution in [3.05, 3.63) is 53.6 Å². The van der Waals surface area contributed by atoms with Crippen LogP contribution in [0.15, 0.2) is 42.5 Å². The lowest BCUT2D eigenvalue weighted by atomic mass is 9.97. The van der Waals surface area contributed by atoms with Crippen molar-refractivity contribution in [3.63, 3.8) is 0 Å². The smallest absolute Gasteiger partial charge is 0.251 e. The van der Waals surface area contributed by atoms with Crippen molar-refractivity contribution in [1.82, 2.24) is 15.5 Å². The number of carbonyl (C=O) groups is 2. The number of fused-ring (bicyclic) bond motifs is 1. The van der Waals surface area contributed by atoms with Crippen LogP contribution in [-0.2, 0) is 11.2 Å². The van der Waals surface area contributed by atoms with Gasteiger partial charge in [0.05, 0.1) is 0 Å². The van der Waals surface area contributed by atoms with E-state index in [0.717, 1.165) is 31.2 Å². The van der Waals surface area contributed by atoms with Crippen LogP contribution >= 0.6 is 11.3 Å². The Bertz CT molecular complexity index is 1180. The average Bonchev–Trinajstić information content (AvgIpc) is 3.54. The van der Waals surface area contributed by atoms with Crippen LogP contribution < -0.4 is 20.1 Å². The number of ether oxygens (including phenoxy) is 2. The first-order chi connectivity index (χ1) is 17.0. The van der Waals surface area contributed by atoms with Crippen molar-refractivity contribution >= 4 is 28.3 Å². The van der Waals surface area contributed by atoms with E-state index in [1.54, 1.807) is 0 Å². The molecule has 1 aliphatic heterocycles. The first-order valence-corrected chi connectivity index (χ1v) is 12.7. The maximum absolute atomic E-state index is 13.1. The van der Waals surface area contributed by atoms with E-state index in [-0.39, 0.29) is 24.5 Å². The second-order valence-corrected chi connectivity index (χ2v) is 9.58. The highest BCUT2D eigenvalue weighted by atomic mass is 32.1. The molecule has 0 fully saturated rings. The van der Waals surface area contributed by atoms with E-state index in [1.807, 2.05) is 56.3 Å². The predicted octanol–water partition coefficient (Wildman–Crippen LogP) is 5.06. The Hall–Kier alpha value is -3.46. The van der Waals surface area contributed by atoms with Crippen LogP contribution in [0.3, 0.4) is 0 Å². The number of hydrogen-bond acceptors (Lipinski definition) is 7. The molecule has 2 heterocycles. The monoisotopic (exact) mass is 494 g/mol. The van der Waals surface area contributed by atoms with Gasteiger partial charge in [0.15, 0.2) is 11.5 Å². The molecule has 184 valence electrons. The number of benzene rings is 2. The van der Waals surface area contributed by atoms with Crippen LogP contribution in [0.1, 0.15) is 56.0 Å². The molecular formula is C26H30N4O4S. The summed E-state index contributed by atoms with van der Waals surface area (Å²) < 4.78 is 10.8. The number of nitrogens with one attached hydrogen (secondary N) is 2. The van der Waals surface area contributed by atoms with Crippen molar-refractivity contribution in [2.24, 2.45) is 5.92 Å². The Kier molecular flexibility index (Phi) is 7.97. The summed E-state index contributed by atoms with van der Waals surface area (Å²) in [6.45, 7) is 6.28. The van der Waals surface area contributed by atoms with E-state index < -0.39 is 6.04 Å². The molecule has 2 atom stereocenters. The topological polar surface area (TPSA) is 102 Å². The third kappa shape index (κ3) is 5.97. The minimum Gasteiger partial charge on any atom is -0.454 e. The molecule has 0 saturated heterocycles. The lowest BCUT2D eigenvalue weighted by Crippen LogP contribution is -2.47. The molecular weight excluding hydrogens is 464 g/mol. The quantitative estimate of drug-likeness (QED) is 0.408. The first kappa shape index (κ1) is 24.7. The molecule has 1 aliphatic rings. The Labute approximate surface area is 209 Å². The zero-order valence-corrected chi connectivity index (χ0v) is 21.0. The highest BCUT2D eigenvalue weighted by Gasteiger charge is 2.27. The zero-order valence-electron chi connectivity index (χ0n) is 20.2. The summed E-state index contributed by atoms with van der Waals surface area (Å²) in [4.78, 5) is 26.0. The van der Waals surface area contributed by atoms with Gasteiger partial charge in [-0.1, -0.05) is 57.1 Å². The number of anilines is 1. The largest absolute Gasteiger partial charge is 0.454 e. The number of nitrogens with zero attached hydrogens (tertiary/aromatic N) is 2. The van der Waals surface area contributed by atoms with Gasteiger partial charge in [-0.3, -0.25) is 14.9 Å². The van der Waals surface area contributed by atoms with E-state index in [2.05, 4.69) is 27.8 Å². The van der Waals surface area contributed by atoms with Gasteiger partial charge in [-0.25, -0.2) is 0 Å². The van der Waals surface area contributed by atoms with Crippen molar-refractivity contribution in [2.75, 3.05) is 12.1 Å². The highest BCUT2D eigenvalue weighted by molar-refractivity contribution is 7.18. The maximum atomic E-state index is 13.1. The molecule has 0 saturated carbocycles. The number of carbonyl (C=O) groups excluding carboxylic acids is 2. The van der Waals surface area contributed by atoms with Gasteiger partial charge in [0.25, 0.3) is 5.91 Å². The van der Waals surface area contributed by atoms with Crippen LogP contribution in [0.2, 0.25) is 0 Å². The molecule has 3 aromatic rings. The maximum Gasteiger partial charge on any atom is 0.251 e.